The van der Waals surface area contributed by atoms with Crippen LogP contribution in [0.5, 0.6) is 5.75 Å². The monoisotopic (exact) mass is 389 g/mol. The highest BCUT2D eigenvalue weighted by Crippen LogP contribution is 2.21. The fraction of sp³-hybridized carbons (Fsp3) is 0.250. The molecule has 7 heteroatoms. The predicted octanol–water partition coefficient (Wildman–Crippen LogP) is 2.95. The van der Waals surface area contributed by atoms with Gasteiger partial charge in [0.05, 0.1) is 13.5 Å². The Morgan fingerprint density at radius 3 is 2.41 bits per heavy atom. The number of carbonyl (C=O) groups excluding carboxylic acids is 3. The second-order valence-electron chi connectivity index (χ2n) is 5.82. The van der Waals surface area contributed by atoms with E-state index in [9.17, 15) is 14.4 Å². The molecule has 0 spiro atoms. The van der Waals surface area contributed by atoms with Crippen molar-refractivity contribution >= 4 is 29.3 Å². The average molecular weight is 390 g/mol. The van der Waals surface area contributed by atoms with Crippen molar-refractivity contribution in [3.8, 4) is 5.75 Å². The van der Waals surface area contributed by atoms with E-state index in [-0.39, 0.29) is 18.8 Å². The van der Waals surface area contributed by atoms with Gasteiger partial charge in [-0.2, -0.15) is 0 Å². The summed E-state index contributed by atoms with van der Waals surface area (Å²) in [7, 11) is 1.47. The zero-order chi connectivity index (χ0) is 19.8. The third-order valence-corrected chi connectivity index (χ3v) is 4.04. The van der Waals surface area contributed by atoms with E-state index in [0.29, 0.717) is 28.4 Å². The molecule has 0 heterocycles. The molecular weight excluding hydrogens is 370 g/mol. The number of benzene rings is 2. The first-order valence-corrected chi connectivity index (χ1v) is 8.61. The maximum Gasteiger partial charge on any atom is 0.310 e. The predicted molar refractivity (Wildman–Crippen MR) is 101 cm³/mol. The van der Waals surface area contributed by atoms with Crippen molar-refractivity contribution in [1.29, 1.82) is 0 Å². The van der Waals surface area contributed by atoms with Crippen LogP contribution < -0.4 is 10.1 Å². The molecule has 0 saturated carbocycles. The van der Waals surface area contributed by atoms with Crippen LogP contribution in [-0.2, 0) is 27.3 Å². The molecule has 1 amide bonds. The van der Waals surface area contributed by atoms with Gasteiger partial charge in [-0.3, -0.25) is 14.4 Å². The highest BCUT2D eigenvalue weighted by Gasteiger charge is 2.14. The SMILES string of the molecule is COc1ccc(C(C)=O)cc1CC(=O)OCC(=O)NCc1ccc(Cl)cc1. The van der Waals surface area contributed by atoms with E-state index in [0.717, 1.165) is 5.56 Å². The minimum absolute atomic E-state index is 0.102. The molecule has 0 fully saturated rings. The Hall–Kier alpha value is -2.86. The lowest BCUT2D eigenvalue weighted by Crippen LogP contribution is -2.28. The fourth-order valence-electron chi connectivity index (χ4n) is 2.34. The number of methoxy groups -OCH3 is 1. The molecule has 0 aliphatic carbocycles. The number of ether oxygens (including phenoxy) is 2. The van der Waals surface area contributed by atoms with Crippen LogP contribution in [0.15, 0.2) is 42.5 Å². The number of carbonyl (C=O) groups is 3. The summed E-state index contributed by atoms with van der Waals surface area (Å²) < 4.78 is 10.2. The molecule has 1 N–H and O–H groups in total. The van der Waals surface area contributed by atoms with E-state index >= 15 is 0 Å². The van der Waals surface area contributed by atoms with Crippen molar-refractivity contribution in [3.05, 3.63) is 64.2 Å². The summed E-state index contributed by atoms with van der Waals surface area (Å²) in [5, 5.41) is 3.27. The second kappa shape index (κ2) is 9.73. The maximum atomic E-state index is 12.0. The van der Waals surface area contributed by atoms with Crippen LogP contribution in [0.4, 0.5) is 0 Å². The van der Waals surface area contributed by atoms with Crippen LogP contribution >= 0.6 is 11.6 Å². The van der Waals surface area contributed by atoms with E-state index in [4.69, 9.17) is 21.1 Å². The fourth-order valence-corrected chi connectivity index (χ4v) is 2.47. The van der Waals surface area contributed by atoms with Crippen LogP contribution in [0.2, 0.25) is 5.02 Å². The molecule has 6 nitrogen and oxygen atoms in total. The number of hydrogen-bond acceptors (Lipinski definition) is 5. The molecule has 2 aromatic rings. The minimum Gasteiger partial charge on any atom is -0.496 e. The van der Waals surface area contributed by atoms with Crippen molar-refractivity contribution < 1.29 is 23.9 Å². The number of hydrogen-bond donors (Lipinski definition) is 1. The Balaban J connectivity index is 1.85. The van der Waals surface area contributed by atoms with Gasteiger partial charge in [0.25, 0.3) is 5.91 Å². The second-order valence-corrected chi connectivity index (χ2v) is 6.26. The standard InChI is InChI=1S/C20H20ClNO5/c1-13(23)15-5-8-18(26-2)16(9-15)10-20(25)27-12-19(24)22-11-14-3-6-17(21)7-4-14/h3-9H,10-12H2,1-2H3,(H,22,24). The number of rotatable bonds is 8. The molecule has 0 aliphatic rings. The number of esters is 1. The maximum absolute atomic E-state index is 12.0. The molecule has 0 bridgehead atoms. The highest BCUT2D eigenvalue weighted by molar-refractivity contribution is 6.30. The first-order chi connectivity index (χ1) is 12.9. The smallest absolute Gasteiger partial charge is 0.310 e. The van der Waals surface area contributed by atoms with Gasteiger partial charge in [0.1, 0.15) is 5.75 Å². The van der Waals surface area contributed by atoms with Crippen molar-refractivity contribution in [2.75, 3.05) is 13.7 Å². The molecule has 0 unspecified atom stereocenters. The van der Waals surface area contributed by atoms with Gasteiger partial charge in [-0.05, 0) is 42.8 Å². The normalized spacial score (nSPS) is 10.2. The quantitative estimate of drug-likeness (QED) is 0.554. The molecule has 27 heavy (non-hydrogen) atoms. The molecule has 0 radical (unpaired) electrons. The number of amides is 1. The third kappa shape index (κ3) is 6.42. The Morgan fingerprint density at radius 1 is 1.07 bits per heavy atom. The van der Waals surface area contributed by atoms with E-state index in [1.165, 1.54) is 14.0 Å². The summed E-state index contributed by atoms with van der Waals surface area (Å²) in [6.45, 7) is 1.36. The summed E-state index contributed by atoms with van der Waals surface area (Å²) >= 11 is 5.80. The van der Waals surface area contributed by atoms with Gasteiger partial charge in [-0.25, -0.2) is 0 Å². The lowest BCUT2D eigenvalue weighted by molar-refractivity contribution is -0.147. The van der Waals surface area contributed by atoms with E-state index in [1.54, 1.807) is 42.5 Å². The van der Waals surface area contributed by atoms with Gasteiger partial charge in [0.15, 0.2) is 12.4 Å². The number of halogens is 1. The van der Waals surface area contributed by atoms with Crippen molar-refractivity contribution in [2.24, 2.45) is 0 Å². The molecule has 2 rings (SSSR count). The van der Waals surface area contributed by atoms with Crippen molar-refractivity contribution in [3.63, 3.8) is 0 Å². The Kier molecular flexibility index (Phi) is 7.37. The molecule has 0 aromatic heterocycles. The van der Waals surface area contributed by atoms with Gasteiger partial charge in [-0.15, -0.1) is 0 Å². The minimum atomic E-state index is -0.587. The largest absolute Gasteiger partial charge is 0.496 e. The number of Topliss-reactive ketones (excluding diaryl/α,β-unsaturated/α-hetero) is 1. The summed E-state index contributed by atoms with van der Waals surface area (Å²) in [6.07, 6.45) is -0.102. The average Bonchev–Trinajstić information content (AvgIpc) is 2.65. The molecule has 2 aromatic carbocycles. The van der Waals surface area contributed by atoms with Crippen LogP contribution in [0, 0.1) is 0 Å². The lowest BCUT2D eigenvalue weighted by atomic mass is 10.0. The first kappa shape index (κ1) is 20.5. The Bertz CT molecular complexity index is 833. The van der Waals surface area contributed by atoms with Crippen molar-refractivity contribution in [1.82, 2.24) is 5.32 Å². The summed E-state index contributed by atoms with van der Waals surface area (Å²) in [6, 6.07) is 11.9. The number of ketones is 1. The van der Waals surface area contributed by atoms with Crippen molar-refractivity contribution in [2.45, 2.75) is 19.9 Å². The molecule has 0 aliphatic heterocycles. The molecule has 0 atom stereocenters. The molecular formula is C20H20ClNO5. The van der Waals surface area contributed by atoms with E-state index in [1.807, 2.05) is 0 Å². The Morgan fingerprint density at radius 2 is 1.78 bits per heavy atom. The summed E-state index contributed by atoms with van der Waals surface area (Å²) in [4.78, 5) is 35.3. The lowest BCUT2D eigenvalue weighted by Gasteiger charge is -2.10. The number of nitrogens with one attached hydrogen (secondary N) is 1. The van der Waals surface area contributed by atoms with Crippen LogP contribution in [0.25, 0.3) is 0 Å². The zero-order valence-electron chi connectivity index (χ0n) is 15.1. The molecule has 142 valence electrons. The van der Waals surface area contributed by atoms with Crippen LogP contribution in [0.1, 0.15) is 28.4 Å². The topological polar surface area (TPSA) is 81.7 Å². The van der Waals surface area contributed by atoms with Crippen LogP contribution in [0.3, 0.4) is 0 Å². The van der Waals surface area contributed by atoms with Gasteiger partial charge in [0, 0.05) is 22.7 Å². The summed E-state index contributed by atoms with van der Waals surface area (Å²) in [5.41, 5.74) is 1.88. The summed E-state index contributed by atoms with van der Waals surface area (Å²) in [5.74, 6) is -0.642. The molecule has 0 saturated heterocycles. The van der Waals surface area contributed by atoms with E-state index in [2.05, 4.69) is 5.32 Å². The van der Waals surface area contributed by atoms with Crippen LogP contribution in [-0.4, -0.2) is 31.4 Å². The van der Waals surface area contributed by atoms with E-state index < -0.39 is 11.9 Å². The first-order valence-electron chi connectivity index (χ1n) is 8.23. The Labute approximate surface area is 162 Å². The van der Waals surface area contributed by atoms with Gasteiger partial charge in [-0.1, -0.05) is 23.7 Å². The van der Waals surface area contributed by atoms with Gasteiger partial charge < -0.3 is 14.8 Å². The van der Waals surface area contributed by atoms with Gasteiger partial charge in [0.2, 0.25) is 0 Å². The van der Waals surface area contributed by atoms with Gasteiger partial charge >= 0.3 is 5.97 Å². The zero-order valence-corrected chi connectivity index (χ0v) is 15.8. The highest BCUT2D eigenvalue weighted by atomic mass is 35.5. The third-order valence-electron chi connectivity index (χ3n) is 3.79.